The van der Waals surface area contributed by atoms with E-state index in [2.05, 4.69) is 20.1 Å². The van der Waals surface area contributed by atoms with E-state index >= 15 is 0 Å². The molecule has 34 heavy (non-hydrogen) atoms. The molecule has 1 aliphatic carbocycles. The average Bonchev–Trinajstić information content (AvgIpc) is 3.42. The summed E-state index contributed by atoms with van der Waals surface area (Å²) in [5.41, 5.74) is 0.452. The highest BCUT2D eigenvalue weighted by Crippen LogP contribution is 2.40. The van der Waals surface area contributed by atoms with Crippen molar-refractivity contribution in [2.24, 2.45) is 0 Å². The lowest BCUT2D eigenvalue weighted by atomic mass is 10.1. The van der Waals surface area contributed by atoms with Crippen LogP contribution in [-0.2, 0) is 11.2 Å². The summed E-state index contributed by atoms with van der Waals surface area (Å²) < 4.78 is 16.1. The number of aromatic nitrogens is 3. The second kappa shape index (κ2) is 10.9. The van der Waals surface area contributed by atoms with Gasteiger partial charge in [-0.15, -0.1) is 10.2 Å². The Bertz CT molecular complexity index is 1030. The molecule has 2 aromatic rings. The number of hydrogen-bond acceptors (Lipinski definition) is 8. The summed E-state index contributed by atoms with van der Waals surface area (Å²) in [5, 5.41) is 8.28. The molecule has 2 fully saturated rings. The molecule has 0 radical (unpaired) electrons. The van der Waals surface area contributed by atoms with Gasteiger partial charge in [0.15, 0.2) is 17.3 Å². The number of benzene rings is 1. The van der Waals surface area contributed by atoms with Crippen molar-refractivity contribution in [3.63, 3.8) is 0 Å². The Labute approximate surface area is 199 Å². The van der Waals surface area contributed by atoms with Gasteiger partial charge >= 0.3 is 0 Å². The van der Waals surface area contributed by atoms with Crippen LogP contribution in [0.15, 0.2) is 16.9 Å². The summed E-state index contributed by atoms with van der Waals surface area (Å²) in [6.45, 7) is 3.36. The zero-order valence-corrected chi connectivity index (χ0v) is 20.1. The van der Waals surface area contributed by atoms with Crippen LogP contribution in [-0.4, -0.2) is 84.4 Å². The molecule has 1 aromatic heterocycles. The van der Waals surface area contributed by atoms with E-state index in [4.69, 9.17) is 14.2 Å². The van der Waals surface area contributed by atoms with Crippen molar-refractivity contribution in [2.75, 3.05) is 47.5 Å². The van der Waals surface area contributed by atoms with Gasteiger partial charge in [-0.1, -0.05) is 12.8 Å². The number of piperazine rings is 1. The summed E-state index contributed by atoms with van der Waals surface area (Å²) in [6.07, 6.45) is 5.68. The minimum atomic E-state index is -0.363. The Kier molecular flexibility index (Phi) is 7.66. The molecule has 1 amide bonds. The third kappa shape index (κ3) is 5.16. The first-order chi connectivity index (χ1) is 16.5. The fourth-order valence-corrected chi connectivity index (χ4v) is 4.86. The van der Waals surface area contributed by atoms with Crippen molar-refractivity contribution in [1.29, 1.82) is 0 Å². The van der Waals surface area contributed by atoms with Gasteiger partial charge in [0.2, 0.25) is 11.7 Å². The zero-order valence-electron chi connectivity index (χ0n) is 20.1. The van der Waals surface area contributed by atoms with E-state index in [1.165, 1.54) is 47.0 Å². The second-order valence-electron chi connectivity index (χ2n) is 8.72. The van der Waals surface area contributed by atoms with E-state index in [9.17, 15) is 9.59 Å². The summed E-state index contributed by atoms with van der Waals surface area (Å²) in [7, 11) is 4.56. The van der Waals surface area contributed by atoms with Crippen molar-refractivity contribution < 1.29 is 19.0 Å². The van der Waals surface area contributed by atoms with Crippen LogP contribution >= 0.6 is 0 Å². The fourth-order valence-electron chi connectivity index (χ4n) is 4.86. The molecule has 0 spiro atoms. The lowest BCUT2D eigenvalue weighted by molar-refractivity contribution is -0.133. The molecule has 10 heteroatoms. The van der Waals surface area contributed by atoms with Crippen LogP contribution in [0.2, 0.25) is 0 Å². The Morgan fingerprint density at radius 2 is 1.65 bits per heavy atom. The number of nitrogens with zero attached hydrogens (tertiary/aromatic N) is 4. The molecule has 2 heterocycles. The van der Waals surface area contributed by atoms with E-state index in [-0.39, 0.29) is 35.8 Å². The molecule has 0 atom stereocenters. The molecule has 2 aliphatic rings. The zero-order chi connectivity index (χ0) is 24.1. The van der Waals surface area contributed by atoms with E-state index in [1.54, 1.807) is 12.1 Å². The number of H-pyrrole nitrogens is 1. The van der Waals surface area contributed by atoms with Crippen LogP contribution in [0.5, 0.6) is 17.2 Å². The monoisotopic (exact) mass is 471 g/mol. The van der Waals surface area contributed by atoms with E-state index in [0.717, 1.165) is 26.2 Å². The van der Waals surface area contributed by atoms with E-state index in [0.29, 0.717) is 28.9 Å². The van der Waals surface area contributed by atoms with Crippen LogP contribution in [0.3, 0.4) is 0 Å². The SMILES string of the molecule is COc1cc(-c2nnc(CCC(=O)N3CCN(C4CCCC4)CC3)c(=O)[nH]2)cc(OC)c1OC. The minimum Gasteiger partial charge on any atom is -0.493 e. The number of ether oxygens (including phenoxy) is 3. The van der Waals surface area contributed by atoms with Gasteiger partial charge in [0.1, 0.15) is 5.69 Å². The quantitative estimate of drug-likeness (QED) is 0.622. The first-order valence-electron chi connectivity index (χ1n) is 11.8. The number of amides is 1. The third-order valence-electron chi connectivity index (χ3n) is 6.79. The molecule has 1 saturated carbocycles. The Morgan fingerprint density at radius 1 is 1.00 bits per heavy atom. The van der Waals surface area contributed by atoms with Crippen LogP contribution in [0, 0.1) is 0 Å². The second-order valence-corrected chi connectivity index (χ2v) is 8.72. The number of hydrogen-bond donors (Lipinski definition) is 1. The summed E-state index contributed by atoms with van der Waals surface area (Å²) in [5.74, 6) is 1.68. The van der Waals surface area contributed by atoms with Gasteiger partial charge in [0.25, 0.3) is 5.56 Å². The van der Waals surface area contributed by atoms with Crippen LogP contribution < -0.4 is 19.8 Å². The number of methoxy groups -OCH3 is 3. The molecule has 1 N–H and O–H groups in total. The normalized spacial score (nSPS) is 17.1. The number of nitrogens with one attached hydrogen (secondary N) is 1. The van der Waals surface area contributed by atoms with Crippen molar-refractivity contribution in [2.45, 2.75) is 44.6 Å². The smallest absolute Gasteiger partial charge is 0.273 e. The standard InChI is InChI=1S/C24H33N5O5/c1-32-19-14-16(15-20(33-2)22(19)34-3)23-25-24(31)18(26-27-23)8-9-21(30)29-12-10-28(11-13-29)17-6-4-5-7-17/h14-15,17H,4-13H2,1-3H3,(H,25,27,31). The van der Waals surface area contributed by atoms with Gasteiger partial charge in [-0.25, -0.2) is 0 Å². The minimum absolute atomic E-state index is 0.0565. The Hall–Kier alpha value is -3.14. The molecule has 1 aliphatic heterocycles. The van der Waals surface area contributed by atoms with Gasteiger partial charge in [0.05, 0.1) is 21.3 Å². The summed E-state index contributed by atoms with van der Waals surface area (Å²) in [6, 6.07) is 4.07. The molecule has 10 nitrogen and oxygen atoms in total. The third-order valence-corrected chi connectivity index (χ3v) is 6.79. The number of aromatic amines is 1. The largest absolute Gasteiger partial charge is 0.493 e. The molecular weight excluding hydrogens is 438 g/mol. The molecule has 1 aromatic carbocycles. The van der Waals surface area contributed by atoms with E-state index < -0.39 is 0 Å². The molecule has 184 valence electrons. The summed E-state index contributed by atoms with van der Waals surface area (Å²) >= 11 is 0. The fraction of sp³-hybridized carbons (Fsp3) is 0.583. The molecule has 0 bridgehead atoms. The molecule has 4 rings (SSSR count). The Balaban J connectivity index is 1.37. The van der Waals surface area contributed by atoms with Crippen LogP contribution in [0.4, 0.5) is 0 Å². The lowest BCUT2D eigenvalue weighted by Gasteiger charge is -2.38. The van der Waals surface area contributed by atoms with Gasteiger partial charge in [0, 0.05) is 50.6 Å². The first-order valence-corrected chi connectivity index (χ1v) is 11.8. The highest BCUT2D eigenvalue weighted by molar-refractivity contribution is 5.76. The maximum atomic E-state index is 12.7. The highest BCUT2D eigenvalue weighted by atomic mass is 16.5. The van der Waals surface area contributed by atoms with E-state index in [1.807, 2.05) is 4.90 Å². The van der Waals surface area contributed by atoms with Gasteiger partial charge < -0.3 is 24.1 Å². The molecule has 0 unspecified atom stereocenters. The topological polar surface area (TPSA) is 110 Å². The molecular formula is C24H33N5O5. The average molecular weight is 472 g/mol. The van der Waals surface area contributed by atoms with Crippen LogP contribution in [0.25, 0.3) is 11.4 Å². The van der Waals surface area contributed by atoms with Crippen LogP contribution in [0.1, 0.15) is 37.8 Å². The van der Waals surface area contributed by atoms with Crippen molar-refractivity contribution in [3.05, 3.63) is 28.2 Å². The lowest BCUT2D eigenvalue weighted by Crippen LogP contribution is -2.51. The number of carbonyl (C=O) groups excluding carboxylic acids is 1. The molecule has 1 saturated heterocycles. The summed E-state index contributed by atoms with van der Waals surface area (Å²) in [4.78, 5) is 32.5. The Morgan fingerprint density at radius 3 is 2.21 bits per heavy atom. The van der Waals surface area contributed by atoms with Crippen molar-refractivity contribution >= 4 is 5.91 Å². The highest BCUT2D eigenvalue weighted by Gasteiger charge is 2.27. The van der Waals surface area contributed by atoms with Crippen molar-refractivity contribution in [3.8, 4) is 28.6 Å². The first kappa shape index (κ1) is 24.0. The van der Waals surface area contributed by atoms with Gasteiger partial charge in [-0.05, 0) is 25.0 Å². The number of rotatable bonds is 8. The van der Waals surface area contributed by atoms with Gasteiger partial charge in [-0.3, -0.25) is 14.5 Å². The predicted octanol–water partition coefficient (Wildman–Crippen LogP) is 1.88. The van der Waals surface area contributed by atoms with Gasteiger partial charge in [-0.2, -0.15) is 0 Å². The number of carbonyl (C=O) groups is 1. The maximum absolute atomic E-state index is 12.7. The predicted molar refractivity (Wildman–Crippen MR) is 126 cm³/mol. The maximum Gasteiger partial charge on any atom is 0.273 e. The van der Waals surface area contributed by atoms with Crippen molar-refractivity contribution in [1.82, 2.24) is 25.0 Å². The number of aryl methyl sites for hydroxylation is 1.